The van der Waals surface area contributed by atoms with Gasteiger partial charge in [-0.15, -0.1) is 6.42 Å². The van der Waals surface area contributed by atoms with Gasteiger partial charge in [-0.3, -0.25) is 0 Å². The molecule has 0 saturated heterocycles. The first kappa shape index (κ1) is 14.7. The third-order valence-electron chi connectivity index (χ3n) is 3.91. The molecule has 3 rings (SSSR count). The van der Waals surface area contributed by atoms with Crippen LogP contribution in [0.3, 0.4) is 0 Å². The highest BCUT2D eigenvalue weighted by molar-refractivity contribution is 6.02. The summed E-state index contributed by atoms with van der Waals surface area (Å²) in [7, 11) is 3.16. The number of hydrogen-bond acceptors (Lipinski definition) is 3. The van der Waals surface area contributed by atoms with Gasteiger partial charge in [0.2, 0.25) is 0 Å². The van der Waals surface area contributed by atoms with Crippen molar-refractivity contribution in [3.05, 3.63) is 53.6 Å². The van der Waals surface area contributed by atoms with Gasteiger partial charge in [0.1, 0.15) is 11.3 Å². The number of carbonyl (C=O) groups is 1. The molecule has 3 aromatic rings. The zero-order chi connectivity index (χ0) is 16.6. The Kier molecular flexibility index (Phi) is 3.55. The number of hydrogen-bond donors (Lipinski definition) is 1. The molecule has 0 saturated carbocycles. The van der Waals surface area contributed by atoms with E-state index in [4.69, 9.17) is 11.2 Å². The number of methoxy groups -OCH3 is 1. The molecule has 114 valence electrons. The van der Waals surface area contributed by atoms with E-state index in [1.807, 2.05) is 41.9 Å². The van der Waals surface area contributed by atoms with Crippen molar-refractivity contribution in [1.29, 1.82) is 0 Å². The van der Waals surface area contributed by atoms with Crippen molar-refractivity contribution in [2.45, 2.75) is 0 Å². The average Bonchev–Trinajstić information content (AvgIpc) is 2.85. The number of carbonyl (C=O) groups excluding carboxylic acids is 1. The summed E-state index contributed by atoms with van der Waals surface area (Å²) in [6, 6.07) is 12.9. The number of phenols is 1. The molecule has 1 N–H and O–H groups in total. The summed E-state index contributed by atoms with van der Waals surface area (Å²) in [5, 5.41) is 10.8. The first-order valence-corrected chi connectivity index (χ1v) is 7.04. The van der Waals surface area contributed by atoms with Crippen molar-refractivity contribution >= 4 is 16.9 Å². The van der Waals surface area contributed by atoms with Crippen LogP contribution in [0.5, 0.6) is 5.75 Å². The molecule has 0 spiro atoms. The highest BCUT2D eigenvalue weighted by Crippen LogP contribution is 2.35. The van der Waals surface area contributed by atoms with E-state index in [1.54, 1.807) is 6.07 Å². The molecule has 4 heteroatoms. The topological polar surface area (TPSA) is 51.5 Å². The van der Waals surface area contributed by atoms with Gasteiger partial charge >= 0.3 is 5.97 Å². The van der Waals surface area contributed by atoms with Gasteiger partial charge in [0, 0.05) is 12.4 Å². The van der Waals surface area contributed by atoms with E-state index in [-0.39, 0.29) is 11.3 Å². The number of aromatic hydroxyl groups is 1. The number of aryl methyl sites for hydroxylation is 1. The number of nitrogens with zero attached hydrogens (tertiary/aromatic N) is 1. The zero-order valence-corrected chi connectivity index (χ0v) is 12.8. The summed E-state index contributed by atoms with van der Waals surface area (Å²) in [4.78, 5) is 11.8. The van der Waals surface area contributed by atoms with Crippen molar-refractivity contribution in [2.75, 3.05) is 7.11 Å². The molecule has 0 fully saturated rings. The lowest BCUT2D eigenvalue weighted by Crippen LogP contribution is -2.02. The molecule has 0 radical (unpaired) electrons. The lowest BCUT2D eigenvalue weighted by molar-refractivity contribution is 0.0597. The Hall–Kier alpha value is -3.19. The maximum absolute atomic E-state index is 11.8. The first-order valence-electron chi connectivity index (χ1n) is 7.04. The number of terminal acetylenes is 1. The minimum absolute atomic E-state index is 0.115. The van der Waals surface area contributed by atoms with Crippen molar-refractivity contribution in [3.63, 3.8) is 0 Å². The van der Waals surface area contributed by atoms with Gasteiger partial charge in [0.15, 0.2) is 0 Å². The average molecular weight is 305 g/mol. The predicted octanol–water partition coefficient (Wildman–Crippen LogP) is 3.32. The van der Waals surface area contributed by atoms with Crippen LogP contribution in [0.4, 0.5) is 0 Å². The van der Waals surface area contributed by atoms with Gasteiger partial charge in [0.25, 0.3) is 0 Å². The molecule has 0 aliphatic carbocycles. The Morgan fingerprint density at radius 2 is 1.96 bits per heavy atom. The van der Waals surface area contributed by atoms with Crippen molar-refractivity contribution in [3.8, 4) is 29.4 Å². The van der Waals surface area contributed by atoms with Gasteiger partial charge in [0.05, 0.1) is 23.9 Å². The number of rotatable bonds is 2. The van der Waals surface area contributed by atoms with Crippen LogP contribution < -0.4 is 0 Å². The van der Waals surface area contributed by atoms with E-state index in [0.29, 0.717) is 5.56 Å². The lowest BCUT2D eigenvalue weighted by atomic mass is 10.0. The SMILES string of the molecule is C#Cc1c(-c2ccccc2)n(C)c2cc(C(=O)OC)c(O)cc12. The van der Waals surface area contributed by atoms with Crippen molar-refractivity contribution in [2.24, 2.45) is 7.05 Å². The molecule has 0 unspecified atom stereocenters. The summed E-state index contributed by atoms with van der Waals surface area (Å²) in [6.07, 6.45) is 5.70. The molecule has 4 nitrogen and oxygen atoms in total. The predicted molar refractivity (Wildman–Crippen MR) is 89.3 cm³/mol. The molecule has 1 heterocycles. The molecule has 0 amide bonds. The van der Waals surface area contributed by atoms with E-state index < -0.39 is 5.97 Å². The fourth-order valence-corrected chi connectivity index (χ4v) is 2.82. The van der Waals surface area contributed by atoms with Crippen LogP contribution in [-0.4, -0.2) is 22.8 Å². The van der Waals surface area contributed by atoms with E-state index >= 15 is 0 Å². The quantitative estimate of drug-likeness (QED) is 0.584. The monoisotopic (exact) mass is 305 g/mol. The van der Waals surface area contributed by atoms with Gasteiger partial charge in [-0.1, -0.05) is 36.3 Å². The van der Waals surface area contributed by atoms with Gasteiger partial charge in [-0.2, -0.15) is 0 Å². The number of esters is 1. The Balaban J connectivity index is 2.38. The first-order chi connectivity index (χ1) is 11.1. The summed E-state index contributed by atoms with van der Waals surface area (Å²) < 4.78 is 6.63. The molecular formula is C19H15NO3. The van der Waals surface area contributed by atoms with Crippen LogP contribution in [0.15, 0.2) is 42.5 Å². The van der Waals surface area contributed by atoms with E-state index in [2.05, 4.69) is 5.92 Å². The van der Waals surface area contributed by atoms with Crippen molar-refractivity contribution < 1.29 is 14.6 Å². The second-order valence-electron chi connectivity index (χ2n) is 5.17. The van der Waals surface area contributed by atoms with Gasteiger partial charge < -0.3 is 14.4 Å². The molecular weight excluding hydrogens is 290 g/mol. The van der Waals surface area contributed by atoms with Crippen LogP contribution >= 0.6 is 0 Å². The lowest BCUT2D eigenvalue weighted by Gasteiger charge is -2.06. The minimum atomic E-state index is -0.589. The van der Waals surface area contributed by atoms with Crippen LogP contribution in [0.1, 0.15) is 15.9 Å². The van der Waals surface area contributed by atoms with Gasteiger partial charge in [-0.05, 0) is 17.7 Å². The zero-order valence-electron chi connectivity index (χ0n) is 12.8. The maximum atomic E-state index is 11.8. The smallest absolute Gasteiger partial charge is 0.341 e. The Morgan fingerprint density at radius 3 is 2.57 bits per heavy atom. The largest absolute Gasteiger partial charge is 0.507 e. The fourth-order valence-electron chi connectivity index (χ4n) is 2.82. The van der Waals surface area contributed by atoms with Crippen molar-refractivity contribution in [1.82, 2.24) is 4.57 Å². The normalized spacial score (nSPS) is 10.5. The van der Waals surface area contributed by atoms with Crippen LogP contribution in [0, 0.1) is 12.3 Å². The molecule has 0 atom stereocenters. The maximum Gasteiger partial charge on any atom is 0.341 e. The van der Waals surface area contributed by atoms with Gasteiger partial charge in [-0.25, -0.2) is 4.79 Å². The minimum Gasteiger partial charge on any atom is -0.507 e. The molecule has 2 aromatic carbocycles. The van der Waals surface area contributed by atoms with Crippen LogP contribution in [0.2, 0.25) is 0 Å². The number of benzene rings is 2. The molecule has 0 bridgehead atoms. The van der Waals surface area contributed by atoms with E-state index in [0.717, 1.165) is 22.2 Å². The Morgan fingerprint density at radius 1 is 1.26 bits per heavy atom. The summed E-state index contributed by atoms with van der Waals surface area (Å²) in [6.45, 7) is 0. The molecule has 1 aromatic heterocycles. The summed E-state index contributed by atoms with van der Waals surface area (Å²) >= 11 is 0. The standard InChI is InChI=1S/C19H15NO3/c1-4-13-14-11-17(21)15(19(22)23-3)10-16(14)20(2)18(13)12-8-6-5-7-9-12/h1,5-11,21H,2-3H3. The third-order valence-corrected chi connectivity index (χ3v) is 3.91. The number of ether oxygens (including phenoxy) is 1. The Labute approximate surface area is 133 Å². The van der Waals surface area contributed by atoms with E-state index in [1.165, 1.54) is 13.2 Å². The Bertz CT molecular complexity index is 946. The number of aromatic nitrogens is 1. The highest BCUT2D eigenvalue weighted by Gasteiger charge is 2.20. The number of fused-ring (bicyclic) bond motifs is 1. The molecule has 0 aliphatic heterocycles. The van der Waals surface area contributed by atoms with E-state index in [9.17, 15) is 9.90 Å². The molecule has 0 aliphatic rings. The molecule has 23 heavy (non-hydrogen) atoms. The third kappa shape index (κ3) is 2.23. The second-order valence-corrected chi connectivity index (χ2v) is 5.17. The second kappa shape index (κ2) is 5.54. The highest BCUT2D eigenvalue weighted by atomic mass is 16.5. The number of phenolic OH excluding ortho intramolecular Hbond substituents is 1. The van der Waals surface area contributed by atoms with Crippen LogP contribution in [0.25, 0.3) is 22.2 Å². The van der Waals surface area contributed by atoms with Crippen LogP contribution in [-0.2, 0) is 11.8 Å². The summed E-state index contributed by atoms with van der Waals surface area (Å²) in [5.41, 5.74) is 3.39. The fraction of sp³-hybridized carbons (Fsp3) is 0.105. The summed E-state index contributed by atoms with van der Waals surface area (Å²) in [5.74, 6) is 1.96.